The number of benzene rings is 1. The minimum absolute atomic E-state index is 0.206. The van der Waals surface area contributed by atoms with Gasteiger partial charge in [0.05, 0.1) is 6.42 Å². The van der Waals surface area contributed by atoms with Crippen LogP contribution in [-0.2, 0) is 11.2 Å². The van der Waals surface area contributed by atoms with Gasteiger partial charge >= 0.3 is 0 Å². The smallest absolute Gasteiger partial charge is 0.227 e. The van der Waals surface area contributed by atoms with Crippen molar-refractivity contribution in [2.24, 2.45) is 0 Å². The van der Waals surface area contributed by atoms with Crippen molar-refractivity contribution in [3.05, 3.63) is 39.3 Å². The number of nitrogens with zero attached hydrogens (tertiary/aromatic N) is 4. The van der Waals surface area contributed by atoms with Gasteiger partial charge in [-0.1, -0.05) is 58.7 Å². The van der Waals surface area contributed by atoms with E-state index in [4.69, 9.17) is 0 Å². The Bertz CT molecular complexity index is 765. The Labute approximate surface area is 172 Å². The Balaban J connectivity index is 1.30. The Morgan fingerprint density at radius 3 is 2.44 bits per heavy atom. The van der Waals surface area contributed by atoms with E-state index in [1.165, 1.54) is 37.1 Å². The molecule has 0 radical (unpaired) electrons. The highest BCUT2D eigenvalue weighted by atomic mass is 79.9. The molecule has 4 rings (SSSR count). The third kappa shape index (κ3) is 4.69. The monoisotopic (exact) mass is 448 g/mol. The van der Waals surface area contributed by atoms with Crippen molar-refractivity contribution < 1.29 is 4.79 Å². The van der Waals surface area contributed by atoms with Gasteiger partial charge in [0, 0.05) is 36.6 Å². The van der Waals surface area contributed by atoms with Crippen molar-refractivity contribution in [2.45, 2.75) is 44.4 Å². The number of amides is 1. The molecule has 2 aliphatic rings. The van der Waals surface area contributed by atoms with E-state index in [1.807, 2.05) is 29.2 Å². The molecule has 0 bridgehead atoms. The molecule has 1 amide bonds. The maximum Gasteiger partial charge on any atom is 0.227 e. The molecule has 2 aromatic rings. The Hall–Kier alpha value is -1.47. The number of carbonyl (C=O) groups excluding carboxylic acids is 1. The van der Waals surface area contributed by atoms with Gasteiger partial charge in [0.15, 0.2) is 0 Å². The fourth-order valence-electron chi connectivity index (χ4n) is 3.90. The van der Waals surface area contributed by atoms with E-state index in [1.54, 1.807) is 11.3 Å². The van der Waals surface area contributed by atoms with Crippen LogP contribution < -0.4 is 4.90 Å². The molecular formula is C20H25BrN4OS. The van der Waals surface area contributed by atoms with Gasteiger partial charge in [0.2, 0.25) is 11.0 Å². The maximum atomic E-state index is 12.6. The number of rotatable bonds is 4. The van der Waals surface area contributed by atoms with E-state index in [9.17, 15) is 4.79 Å². The fourth-order valence-corrected chi connectivity index (χ4v) is 5.23. The number of anilines is 1. The summed E-state index contributed by atoms with van der Waals surface area (Å²) in [5, 5.41) is 11.2. The summed E-state index contributed by atoms with van der Waals surface area (Å²) >= 11 is 5.19. The van der Waals surface area contributed by atoms with Crippen molar-refractivity contribution in [2.75, 3.05) is 31.1 Å². The van der Waals surface area contributed by atoms with Crippen LogP contribution >= 0.6 is 27.3 Å². The molecule has 7 heteroatoms. The van der Waals surface area contributed by atoms with E-state index >= 15 is 0 Å². The van der Waals surface area contributed by atoms with Crippen LogP contribution in [0.5, 0.6) is 0 Å². The number of hydrogen-bond acceptors (Lipinski definition) is 5. The van der Waals surface area contributed by atoms with E-state index < -0.39 is 0 Å². The number of halogens is 1. The van der Waals surface area contributed by atoms with Gasteiger partial charge in [-0.05, 0) is 30.5 Å². The van der Waals surface area contributed by atoms with Gasteiger partial charge in [0.25, 0.3) is 0 Å². The van der Waals surface area contributed by atoms with Crippen molar-refractivity contribution in [3.8, 4) is 0 Å². The van der Waals surface area contributed by atoms with E-state index in [0.29, 0.717) is 12.3 Å². The molecule has 0 atom stereocenters. The molecule has 1 aromatic carbocycles. The summed E-state index contributed by atoms with van der Waals surface area (Å²) in [6.07, 6.45) is 6.98. The topological polar surface area (TPSA) is 49.3 Å². The summed E-state index contributed by atoms with van der Waals surface area (Å²) in [5.74, 6) is 0.816. The second-order valence-corrected chi connectivity index (χ2v) is 9.33. The standard InChI is InChI=1S/C20H25BrN4OS/c21-17-8-6-15(7-9-17)14-18(26)24-10-12-25(13-11-24)20-23-22-19(27-20)16-4-2-1-3-5-16/h6-9,16H,1-5,10-14H2. The lowest BCUT2D eigenvalue weighted by Gasteiger charge is -2.34. The average Bonchev–Trinajstić information content (AvgIpc) is 3.21. The Kier molecular flexibility index (Phi) is 6.08. The second kappa shape index (κ2) is 8.69. The largest absolute Gasteiger partial charge is 0.343 e. The van der Waals surface area contributed by atoms with Crippen LogP contribution in [0.15, 0.2) is 28.7 Å². The molecule has 1 aliphatic carbocycles. The molecule has 5 nitrogen and oxygen atoms in total. The highest BCUT2D eigenvalue weighted by Gasteiger charge is 2.25. The summed E-state index contributed by atoms with van der Waals surface area (Å²) in [4.78, 5) is 16.8. The van der Waals surface area contributed by atoms with Gasteiger partial charge in [-0.3, -0.25) is 4.79 Å². The van der Waals surface area contributed by atoms with Crippen LogP contribution in [-0.4, -0.2) is 47.2 Å². The van der Waals surface area contributed by atoms with Crippen LogP contribution in [0.1, 0.15) is 48.6 Å². The summed E-state index contributed by atoms with van der Waals surface area (Å²) in [6, 6.07) is 7.98. The third-order valence-electron chi connectivity index (χ3n) is 5.56. The average molecular weight is 449 g/mol. The Morgan fingerprint density at radius 1 is 1.04 bits per heavy atom. The van der Waals surface area contributed by atoms with E-state index in [2.05, 4.69) is 31.0 Å². The maximum absolute atomic E-state index is 12.6. The van der Waals surface area contributed by atoms with Crippen LogP contribution in [0.4, 0.5) is 5.13 Å². The minimum Gasteiger partial charge on any atom is -0.343 e. The molecule has 0 spiro atoms. The van der Waals surface area contributed by atoms with E-state index in [-0.39, 0.29) is 5.91 Å². The highest BCUT2D eigenvalue weighted by molar-refractivity contribution is 9.10. The first-order valence-corrected chi connectivity index (χ1v) is 11.4. The molecule has 2 heterocycles. The zero-order chi connectivity index (χ0) is 18.6. The summed E-state index contributed by atoms with van der Waals surface area (Å²) in [5.41, 5.74) is 1.06. The quantitative estimate of drug-likeness (QED) is 0.701. The van der Waals surface area contributed by atoms with Crippen molar-refractivity contribution in [1.29, 1.82) is 0 Å². The molecule has 1 aromatic heterocycles. The molecule has 1 saturated carbocycles. The molecule has 27 heavy (non-hydrogen) atoms. The Morgan fingerprint density at radius 2 is 1.74 bits per heavy atom. The second-order valence-electron chi connectivity index (χ2n) is 7.43. The number of piperazine rings is 1. The van der Waals surface area contributed by atoms with Gasteiger partial charge in [0.1, 0.15) is 5.01 Å². The van der Waals surface area contributed by atoms with Crippen LogP contribution in [0.25, 0.3) is 0 Å². The SMILES string of the molecule is O=C(Cc1ccc(Br)cc1)N1CCN(c2nnc(C3CCCCC3)s2)CC1. The first kappa shape index (κ1) is 18.9. The zero-order valence-corrected chi connectivity index (χ0v) is 17.8. The number of aromatic nitrogens is 2. The van der Waals surface area contributed by atoms with Gasteiger partial charge in [-0.15, -0.1) is 10.2 Å². The first-order chi connectivity index (χ1) is 13.2. The van der Waals surface area contributed by atoms with Gasteiger partial charge < -0.3 is 9.80 Å². The molecule has 144 valence electrons. The van der Waals surface area contributed by atoms with Gasteiger partial charge in [-0.2, -0.15) is 0 Å². The predicted octanol–water partition coefficient (Wildman–Crippen LogP) is 4.24. The summed E-state index contributed by atoms with van der Waals surface area (Å²) < 4.78 is 1.04. The van der Waals surface area contributed by atoms with Gasteiger partial charge in [-0.25, -0.2) is 0 Å². The molecule has 1 saturated heterocycles. The van der Waals surface area contributed by atoms with Crippen LogP contribution in [0.2, 0.25) is 0 Å². The minimum atomic E-state index is 0.206. The van der Waals surface area contributed by atoms with E-state index in [0.717, 1.165) is 41.3 Å². The normalized spacial score (nSPS) is 18.7. The van der Waals surface area contributed by atoms with Crippen molar-refractivity contribution >= 4 is 38.3 Å². The lowest BCUT2D eigenvalue weighted by molar-refractivity contribution is -0.130. The highest BCUT2D eigenvalue weighted by Crippen LogP contribution is 2.36. The molecule has 1 aliphatic heterocycles. The van der Waals surface area contributed by atoms with Crippen molar-refractivity contribution in [3.63, 3.8) is 0 Å². The first-order valence-electron chi connectivity index (χ1n) is 9.79. The van der Waals surface area contributed by atoms with Crippen molar-refractivity contribution in [1.82, 2.24) is 15.1 Å². The molecule has 0 unspecified atom stereocenters. The van der Waals surface area contributed by atoms with Crippen LogP contribution in [0, 0.1) is 0 Å². The number of carbonyl (C=O) groups is 1. The molecular weight excluding hydrogens is 424 g/mol. The lowest BCUT2D eigenvalue weighted by atomic mass is 9.90. The molecule has 2 fully saturated rings. The summed E-state index contributed by atoms with van der Waals surface area (Å²) in [7, 11) is 0. The summed E-state index contributed by atoms with van der Waals surface area (Å²) in [6.45, 7) is 3.19. The fraction of sp³-hybridized carbons (Fsp3) is 0.550. The zero-order valence-electron chi connectivity index (χ0n) is 15.4. The third-order valence-corrected chi connectivity index (χ3v) is 7.23. The predicted molar refractivity (Wildman–Crippen MR) is 112 cm³/mol. The number of hydrogen-bond donors (Lipinski definition) is 0. The van der Waals surface area contributed by atoms with Crippen LogP contribution in [0.3, 0.4) is 0 Å². The molecule has 0 N–H and O–H groups in total. The lowest BCUT2D eigenvalue weighted by Crippen LogP contribution is -2.49.